The van der Waals surface area contributed by atoms with Crippen LogP contribution in [-0.2, 0) is 14.6 Å². The van der Waals surface area contributed by atoms with Crippen LogP contribution >= 0.6 is 0 Å². The maximum Gasteiger partial charge on any atom is 0.410 e. The van der Waals surface area contributed by atoms with Crippen LogP contribution in [0.4, 0.5) is 9.18 Å². The first kappa shape index (κ1) is 22.1. The van der Waals surface area contributed by atoms with Gasteiger partial charge in [0.15, 0.2) is 9.84 Å². The molecule has 1 amide bonds. The van der Waals surface area contributed by atoms with Crippen LogP contribution in [-0.4, -0.2) is 50.5 Å². The number of halogens is 1. The molecule has 2 aromatic rings. The van der Waals surface area contributed by atoms with Gasteiger partial charge >= 0.3 is 6.09 Å². The lowest BCUT2D eigenvalue weighted by molar-refractivity contribution is 0.0275. The summed E-state index contributed by atoms with van der Waals surface area (Å²) in [7, 11) is -3.46. The summed E-state index contributed by atoms with van der Waals surface area (Å²) < 4.78 is 48.8. The fourth-order valence-corrected chi connectivity index (χ4v) is 3.82. The van der Waals surface area contributed by atoms with E-state index in [1.807, 2.05) is 20.8 Å². The van der Waals surface area contributed by atoms with E-state index < -0.39 is 21.3 Å². The minimum Gasteiger partial charge on any atom is -0.489 e. The molecule has 8 heteroatoms. The molecule has 3 rings (SSSR count). The third-order valence-corrected chi connectivity index (χ3v) is 5.74. The molecular weight excluding hydrogens is 409 g/mol. The van der Waals surface area contributed by atoms with Crippen LogP contribution in [0.3, 0.4) is 0 Å². The molecule has 2 aromatic carbocycles. The molecule has 1 heterocycles. The number of ether oxygens (including phenoxy) is 2. The van der Waals surface area contributed by atoms with Gasteiger partial charge in [-0.1, -0.05) is 18.2 Å². The maximum absolute atomic E-state index is 14.4. The number of carbonyl (C=O) groups is 1. The Balaban J connectivity index is 1.64. The fourth-order valence-electron chi connectivity index (χ4n) is 3.18. The lowest BCUT2D eigenvalue weighted by atomic mass is 10.1. The number of benzene rings is 2. The van der Waals surface area contributed by atoms with E-state index in [1.165, 1.54) is 12.1 Å². The standard InChI is InChI=1S/C22H26FNO5S/c1-22(2,3)29-21(25)24-12-11-17(14-24)28-16-7-5-15(6-8-16)19-10-9-18(13-20(19)23)30(4,26)27/h5-10,13,17H,11-12,14H2,1-4H3. The van der Waals surface area contributed by atoms with Gasteiger partial charge in [-0.15, -0.1) is 0 Å². The predicted molar refractivity (Wildman–Crippen MR) is 112 cm³/mol. The zero-order valence-electron chi connectivity index (χ0n) is 17.5. The second-order valence-corrected chi connectivity index (χ2v) is 10.4. The Labute approximate surface area is 176 Å². The van der Waals surface area contributed by atoms with Gasteiger partial charge in [-0.25, -0.2) is 17.6 Å². The van der Waals surface area contributed by atoms with Gasteiger partial charge in [0.25, 0.3) is 0 Å². The highest BCUT2D eigenvalue weighted by Crippen LogP contribution is 2.28. The molecule has 0 aliphatic carbocycles. The molecule has 1 unspecified atom stereocenters. The van der Waals surface area contributed by atoms with Crippen molar-refractivity contribution in [1.82, 2.24) is 4.90 Å². The molecule has 30 heavy (non-hydrogen) atoms. The number of amides is 1. The molecule has 1 saturated heterocycles. The van der Waals surface area contributed by atoms with Gasteiger partial charge in [0.2, 0.25) is 0 Å². The van der Waals surface area contributed by atoms with Crippen LogP contribution in [0.2, 0.25) is 0 Å². The van der Waals surface area contributed by atoms with Gasteiger partial charge < -0.3 is 14.4 Å². The third kappa shape index (κ3) is 5.50. The summed E-state index contributed by atoms with van der Waals surface area (Å²) in [5, 5.41) is 0. The van der Waals surface area contributed by atoms with E-state index >= 15 is 0 Å². The number of nitrogens with zero attached hydrogens (tertiary/aromatic N) is 1. The number of sulfone groups is 1. The number of rotatable bonds is 4. The van der Waals surface area contributed by atoms with Crippen molar-refractivity contribution >= 4 is 15.9 Å². The quantitative estimate of drug-likeness (QED) is 0.717. The molecule has 0 radical (unpaired) electrons. The minimum atomic E-state index is -3.46. The average Bonchev–Trinajstić information content (AvgIpc) is 3.09. The van der Waals surface area contributed by atoms with E-state index in [2.05, 4.69) is 0 Å². The topological polar surface area (TPSA) is 72.9 Å². The lowest BCUT2D eigenvalue weighted by Gasteiger charge is -2.24. The Morgan fingerprint density at radius 1 is 1.13 bits per heavy atom. The Hall–Kier alpha value is -2.61. The minimum absolute atomic E-state index is 0.0560. The van der Waals surface area contributed by atoms with Crippen molar-refractivity contribution in [2.45, 2.75) is 43.8 Å². The van der Waals surface area contributed by atoms with Crippen molar-refractivity contribution in [3.05, 3.63) is 48.3 Å². The molecule has 6 nitrogen and oxygen atoms in total. The monoisotopic (exact) mass is 435 g/mol. The van der Waals surface area contributed by atoms with E-state index in [-0.39, 0.29) is 17.1 Å². The first-order valence-corrected chi connectivity index (χ1v) is 11.6. The highest BCUT2D eigenvalue weighted by atomic mass is 32.2. The zero-order chi connectivity index (χ0) is 22.1. The Morgan fingerprint density at radius 2 is 1.80 bits per heavy atom. The number of likely N-dealkylation sites (tertiary alicyclic amines) is 1. The SMILES string of the molecule is CC(C)(C)OC(=O)N1CCC(Oc2ccc(-c3ccc(S(C)(=O)=O)cc3F)cc2)C1. The van der Waals surface area contributed by atoms with Crippen LogP contribution in [0.5, 0.6) is 5.75 Å². The van der Waals surface area contributed by atoms with Crippen LogP contribution < -0.4 is 4.74 Å². The van der Waals surface area contributed by atoms with Crippen LogP contribution in [0.15, 0.2) is 47.4 Å². The Kier molecular flexibility index (Phi) is 6.08. The van der Waals surface area contributed by atoms with Crippen molar-refractivity contribution in [3.8, 4) is 16.9 Å². The normalized spacial score (nSPS) is 17.1. The third-order valence-electron chi connectivity index (χ3n) is 4.63. The van der Waals surface area contributed by atoms with Gasteiger partial charge in [-0.2, -0.15) is 0 Å². The Morgan fingerprint density at radius 3 is 2.37 bits per heavy atom. The highest BCUT2D eigenvalue weighted by molar-refractivity contribution is 7.90. The Bertz CT molecular complexity index is 1030. The zero-order valence-corrected chi connectivity index (χ0v) is 18.3. The molecule has 0 N–H and O–H groups in total. The fraction of sp³-hybridized carbons (Fsp3) is 0.409. The summed E-state index contributed by atoms with van der Waals surface area (Å²) in [4.78, 5) is 13.7. The molecule has 0 spiro atoms. The number of hydrogen-bond acceptors (Lipinski definition) is 5. The van der Waals surface area contributed by atoms with E-state index in [9.17, 15) is 17.6 Å². The highest BCUT2D eigenvalue weighted by Gasteiger charge is 2.30. The summed E-state index contributed by atoms with van der Waals surface area (Å²) in [5.74, 6) is 0.0124. The summed E-state index contributed by atoms with van der Waals surface area (Å²) in [6.07, 6.45) is 1.24. The molecule has 1 aliphatic heterocycles. The largest absolute Gasteiger partial charge is 0.489 e. The van der Waals surface area contributed by atoms with Gasteiger partial charge in [-0.05, 0) is 50.6 Å². The summed E-state index contributed by atoms with van der Waals surface area (Å²) in [6, 6.07) is 10.8. The molecule has 1 aliphatic rings. The van der Waals surface area contributed by atoms with Crippen LogP contribution in [0, 0.1) is 5.82 Å². The summed E-state index contributed by atoms with van der Waals surface area (Å²) >= 11 is 0. The average molecular weight is 436 g/mol. The van der Waals surface area contributed by atoms with Crippen LogP contribution in [0.25, 0.3) is 11.1 Å². The molecular formula is C22H26FNO5S. The van der Waals surface area contributed by atoms with Crippen molar-refractivity contribution in [2.24, 2.45) is 0 Å². The van der Waals surface area contributed by atoms with Gasteiger partial charge in [0.05, 0.1) is 11.4 Å². The van der Waals surface area contributed by atoms with Gasteiger partial charge in [-0.3, -0.25) is 0 Å². The first-order chi connectivity index (χ1) is 13.9. The first-order valence-electron chi connectivity index (χ1n) is 9.67. The van der Waals surface area contributed by atoms with E-state index in [0.717, 1.165) is 12.3 Å². The molecule has 0 saturated carbocycles. The summed E-state index contributed by atoms with van der Waals surface area (Å²) in [5.41, 5.74) is 0.383. The molecule has 0 aromatic heterocycles. The second-order valence-electron chi connectivity index (χ2n) is 8.39. The van der Waals surface area contributed by atoms with Crippen molar-refractivity contribution in [2.75, 3.05) is 19.3 Å². The smallest absolute Gasteiger partial charge is 0.410 e. The van der Waals surface area contributed by atoms with Crippen molar-refractivity contribution in [1.29, 1.82) is 0 Å². The number of hydrogen-bond donors (Lipinski definition) is 0. The van der Waals surface area contributed by atoms with E-state index in [1.54, 1.807) is 29.2 Å². The maximum atomic E-state index is 14.4. The van der Waals surface area contributed by atoms with Gasteiger partial charge in [0.1, 0.15) is 23.3 Å². The van der Waals surface area contributed by atoms with Crippen molar-refractivity contribution in [3.63, 3.8) is 0 Å². The van der Waals surface area contributed by atoms with Gasteiger partial charge in [0, 0.05) is 24.8 Å². The number of carbonyl (C=O) groups excluding carboxylic acids is 1. The molecule has 162 valence electrons. The van der Waals surface area contributed by atoms with E-state index in [4.69, 9.17) is 9.47 Å². The molecule has 0 bridgehead atoms. The lowest BCUT2D eigenvalue weighted by Crippen LogP contribution is -2.36. The second kappa shape index (κ2) is 8.26. The van der Waals surface area contributed by atoms with Crippen molar-refractivity contribution < 1.29 is 27.1 Å². The predicted octanol–water partition coefficient (Wildman–Crippen LogP) is 4.28. The molecule has 1 fully saturated rings. The summed E-state index contributed by atoms with van der Waals surface area (Å²) in [6.45, 7) is 6.49. The van der Waals surface area contributed by atoms with Crippen LogP contribution in [0.1, 0.15) is 27.2 Å². The van der Waals surface area contributed by atoms with E-state index in [0.29, 0.717) is 36.4 Å². The molecule has 1 atom stereocenters.